The predicted molar refractivity (Wildman–Crippen MR) is 123 cm³/mol. The quantitative estimate of drug-likeness (QED) is 0.458. The Morgan fingerprint density at radius 2 is 1.11 bits per heavy atom. The summed E-state index contributed by atoms with van der Waals surface area (Å²) in [7, 11) is -3.44. The summed E-state index contributed by atoms with van der Waals surface area (Å²) in [4.78, 5) is 0.753. The Morgan fingerprint density at radius 1 is 0.741 bits per heavy atom. The van der Waals surface area contributed by atoms with E-state index < -0.39 is 9.84 Å². The third-order valence-electron chi connectivity index (χ3n) is 4.42. The Morgan fingerprint density at radius 3 is 1.44 bits per heavy atom. The summed E-state index contributed by atoms with van der Waals surface area (Å²) >= 11 is 7.88. The maximum atomic E-state index is 12.9. The predicted octanol–water partition coefficient (Wildman–Crippen LogP) is 5.22. The molecule has 2 fully saturated rings. The van der Waals surface area contributed by atoms with Crippen LogP contribution in [0, 0.1) is 0 Å². The van der Waals surface area contributed by atoms with Crippen molar-refractivity contribution in [2.75, 3.05) is 23.0 Å². The van der Waals surface area contributed by atoms with Crippen molar-refractivity contribution in [3.63, 3.8) is 0 Å². The number of rotatable bonds is 10. The van der Waals surface area contributed by atoms with Gasteiger partial charge in [-0.3, -0.25) is 0 Å². The standard InChI is InChI=1S/C20H22O2S5/c21-27(22,19-5-1-15(2-6-19)9-23-11-17-13-25-17)20-7-3-16(4-8-20)10-24-12-18-14-26-18/h1-8,17-18H,9-14H2. The second-order valence-electron chi connectivity index (χ2n) is 6.73. The highest BCUT2D eigenvalue weighted by molar-refractivity contribution is 8.09. The Balaban J connectivity index is 1.35. The zero-order chi connectivity index (χ0) is 18.7. The van der Waals surface area contributed by atoms with Crippen LogP contribution in [0.15, 0.2) is 58.3 Å². The van der Waals surface area contributed by atoms with E-state index in [4.69, 9.17) is 0 Å². The third kappa shape index (κ3) is 5.89. The van der Waals surface area contributed by atoms with E-state index in [-0.39, 0.29) is 0 Å². The van der Waals surface area contributed by atoms with Gasteiger partial charge in [0.1, 0.15) is 0 Å². The molecule has 2 nitrogen and oxygen atoms in total. The van der Waals surface area contributed by atoms with E-state index in [0.717, 1.165) is 22.0 Å². The highest BCUT2D eigenvalue weighted by Gasteiger charge is 2.22. The van der Waals surface area contributed by atoms with Gasteiger partial charge in [0.2, 0.25) is 9.84 Å². The molecule has 0 spiro atoms. The molecule has 2 aliphatic rings. The summed E-state index contributed by atoms with van der Waals surface area (Å²) < 4.78 is 25.7. The first-order chi connectivity index (χ1) is 13.1. The normalized spacial score (nSPS) is 21.2. The highest BCUT2D eigenvalue weighted by atomic mass is 32.2. The van der Waals surface area contributed by atoms with Crippen LogP contribution >= 0.6 is 47.0 Å². The summed E-state index contributed by atoms with van der Waals surface area (Å²) in [5.74, 6) is 6.86. The minimum Gasteiger partial charge on any atom is -0.219 e. The molecule has 2 saturated heterocycles. The maximum Gasteiger partial charge on any atom is 0.206 e. The molecule has 2 aromatic carbocycles. The Labute approximate surface area is 179 Å². The first-order valence-electron chi connectivity index (χ1n) is 8.93. The van der Waals surface area contributed by atoms with E-state index in [1.54, 1.807) is 24.3 Å². The molecule has 4 rings (SSSR count). The van der Waals surface area contributed by atoms with Gasteiger partial charge in [0.25, 0.3) is 0 Å². The molecular formula is C20H22O2S5. The first-order valence-corrected chi connectivity index (χ1v) is 14.8. The molecule has 0 saturated carbocycles. The maximum absolute atomic E-state index is 12.9. The monoisotopic (exact) mass is 454 g/mol. The fraction of sp³-hybridized carbons (Fsp3) is 0.400. The van der Waals surface area contributed by atoms with E-state index in [1.807, 2.05) is 71.3 Å². The van der Waals surface area contributed by atoms with Crippen LogP contribution in [0.2, 0.25) is 0 Å². The molecule has 0 N–H and O–H groups in total. The highest BCUT2D eigenvalue weighted by Crippen LogP contribution is 2.34. The Bertz CT molecular complexity index is 787. The fourth-order valence-electron chi connectivity index (χ4n) is 2.61. The molecule has 0 amide bonds. The average Bonchev–Trinajstić information content (AvgIpc) is 3.58. The SMILES string of the molecule is O=S(=O)(c1ccc(CSCC2CS2)cc1)c1ccc(CSCC2CS2)cc1. The Hall–Kier alpha value is -0.210. The lowest BCUT2D eigenvalue weighted by atomic mass is 10.2. The minimum absolute atomic E-state index is 0.377. The first kappa shape index (κ1) is 20.1. The molecule has 27 heavy (non-hydrogen) atoms. The zero-order valence-corrected chi connectivity index (χ0v) is 19.0. The lowest BCUT2D eigenvalue weighted by Crippen LogP contribution is -2.02. The molecule has 0 aliphatic carbocycles. The molecule has 2 unspecified atom stereocenters. The van der Waals surface area contributed by atoms with E-state index in [9.17, 15) is 8.42 Å². The summed E-state index contributed by atoms with van der Waals surface area (Å²) in [5, 5.41) is 1.67. The topological polar surface area (TPSA) is 34.1 Å². The molecule has 0 aromatic heterocycles. The van der Waals surface area contributed by atoms with Crippen molar-refractivity contribution in [3.8, 4) is 0 Å². The number of hydrogen-bond donors (Lipinski definition) is 0. The summed E-state index contributed by atoms with van der Waals surface area (Å²) in [6.45, 7) is 0. The second-order valence-corrected chi connectivity index (χ2v) is 13.4. The van der Waals surface area contributed by atoms with Crippen molar-refractivity contribution in [2.45, 2.75) is 31.8 Å². The van der Waals surface area contributed by atoms with Crippen LogP contribution in [0.5, 0.6) is 0 Å². The number of benzene rings is 2. The average molecular weight is 455 g/mol. The van der Waals surface area contributed by atoms with Crippen molar-refractivity contribution < 1.29 is 8.42 Å². The second kappa shape index (κ2) is 9.08. The van der Waals surface area contributed by atoms with Crippen LogP contribution in [0.4, 0.5) is 0 Å². The van der Waals surface area contributed by atoms with E-state index in [0.29, 0.717) is 9.79 Å². The van der Waals surface area contributed by atoms with Crippen LogP contribution in [-0.2, 0) is 21.3 Å². The van der Waals surface area contributed by atoms with Crippen molar-refractivity contribution in [1.29, 1.82) is 0 Å². The number of hydrogen-bond acceptors (Lipinski definition) is 6. The fourth-order valence-corrected chi connectivity index (χ4v) is 7.88. The molecule has 2 aliphatic heterocycles. The van der Waals surface area contributed by atoms with Crippen LogP contribution < -0.4 is 0 Å². The van der Waals surface area contributed by atoms with Crippen molar-refractivity contribution in [2.24, 2.45) is 0 Å². The summed E-state index contributed by atoms with van der Waals surface area (Å²) in [6, 6.07) is 14.8. The smallest absolute Gasteiger partial charge is 0.206 e. The van der Waals surface area contributed by atoms with Gasteiger partial charge in [-0.25, -0.2) is 8.42 Å². The molecular weight excluding hydrogens is 433 g/mol. The van der Waals surface area contributed by atoms with Gasteiger partial charge >= 0.3 is 0 Å². The van der Waals surface area contributed by atoms with Crippen molar-refractivity contribution >= 4 is 56.9 Å². The molecule has 2 atom stereocenters. The molecule has 2 heterocycles. The van der Waals surface area contributed by atoms with Crippen molar-refractivity contribution in [3.05, 3.63) is 59.7 Å². The van der Waals surface area contributed by atoms with Gasteiger partial charge in [-0.1, -0.05) is 24.3 Å². The number of thioether (sulfide) groups is 4. The van der Waals surface area contributed by atoms with E-state index in [2.05, 4.69) is 0 Å². The zero-order valence-electron chi connectivity index (χ0n) is 14.9. The van der Waals surface area contributed by atoms with Gasteiger partial charge < -0.3 is 0 Å². The van der Waals surface area contributed by atoms with Crippen LogP contribution in [0.3, 0.4) is 0 Å². The lowest BCUT2D eigenvalue weighted by Gasteiger charge is -2.08. The molecule has 7 heteroatoms. The van der Waals surface area contributed by atoms with Crippen LogP contribution in [0.1, 0.15) is 11.1 Å². The van der Waals surface area contributed by atoms with Gasteiger partial charge in [-0.15, -0.1) is 0 Å². The van der Waals surface area contributed by atoms with Gasteiger partial charge in [0.15, 0.2) is 0 Å². The molecule has 2 aromatic rings. The van der Waals surface area contributed by atoms with Crippen LogP contribution in [0.25, 0.3) is 0 Å². The summed E-state index contributed by atoms with van der Waals surface area (Å²) in [5.41, 5.74) is 2.37. The lowest BCUT2D eigenvalue weighted by molar-refractivity contribution is 0.596. The Kier molecular flexibility index (Phi) is 6.75. The van der Waals surface area contributed by atoms with Crippen molar-refractivity contribution in [1.82, 2.24) is 0 Å². The largest absolute Gasteiger partial charge is 0.219 e. The third-order valence-corrected chi connectivity index (χ3v) is 10.9. The van der Waals surface area contributed by atoms with Gasteiger partial charge in [-0.2, -0.15) is 47.0 Å². The van der Waals surface area contributed by atoms with Gasteiger partial charge in [0, 0.05) is 45.0 Å². The minimum atomic E-state index is -3.44. The molecule has 144 valence electrons. The van der Waals surface area contributed by atoms with Gasteiger partial charge in [0.05, 0.1) is 9.79 Å². The molecule has 0 radical (unpaired) electrons. The number of sulfone groups is 1. The summed E-state index contributed by atoms with van der Waals surface area (Å²) in [6.07, 6.45) is 0. The molecule has 0 bridgehead atoms. The van der Waals surface area contributed by atoms with Crippen LogP contribution in [-0.4, -0.2) is 41.9 Å². The van der Waals surface area contributed by atoms with E-state index in [1.165, 1.54) is 34.1 Å². The van der Waals surface area contributed by atoms with E-state index >= 15 is 0 Å². The van der Waals surface area contributed by atoms with Gasteiger partial charge in [-0.05, 0) is 35.4 Å².